The molecule has 0 unspecified atom stereocenters. The largest absolute Gasteiger partial charge is 0.192 e. The molecule has 0 aliphatic heterocycles. The summed E-state index contributed by atoms with van der Waals surface area (Å²) in [6.45, 7) is 1.71. The molecule has 0 amide bonds. The van der Waals surface area contributed by atoms with Gasteiger partial charge in [-0.3, -0.25) is 0 Å². The van der Waals surface area contributed by atoms with Crippen molar-refractivity contribution in [2.75, 3.05) is 0 Å². The van der Waals surface area contributed by atoms with Crippen LogP contribution in [-0.4, -0.2) is 0 Å². The van der Waals surface area contributed by atoms with Crippen LogP contribution in [0.2, 0.25) is 0 Å². The molecule has 0 saturated carbocycles. The summed E-state index contributed by atoms with van der Waals surface area (Å²) in [6, 6.07) is 11.4. The summed E-state index contributed by atoms with van der Waals surface area (Å²) in [4.78, 5) is 0. The number of aryl methyl sites for hydroxylation is 1. The lowest BCUT2D eigenvalue weighted by atomic mass is 9.90. The standard InChI is InChI=1S/C15H5IN4/c1-8-2-9(4-17)15-12(7-20)13(16)3-10(5-18)14(15)11(8)6-19/h2-3H,1H3. The van der Waals surface area contributed by atoms with Gasteiger partial charge in [-0.1, -0.05) is 0 Å². The van der Waals surface area contributed by atoms with Crippen molar-refractivity contribution < 1.29 is 0 Å². The Labute approximate surface area is 129 Å². The van der Waals surface area contributed by atoms with Gasteiger partial charge >= 0.3 is 0 Å². The van der Waals surface area contributed by atoms with E-state index in [9.17, 15) is 21.0 Å². The molecule has 2 aromatic carbocycles. The number of rotatable bonds is 0. The third kappa shape index (κ3) is 1.86. The third-order valence-corrected chi connectivity index (χ3v) is 3.87. The number of hydrogen-bond donors (Lipinski definition) is 0. The second-order valence-electron chi connectivity index (χ2n) is 4.09. The number of nitrogens with zero attached hydrogens (tertiary/aromatic N) is 4. The molecule has 4 nitrogen and oxygen atoms in total. The molecule has 0 bridgehead atoms. The molecule has 0 fully saturated rings. The molecule has 0 saturated heterocycles. The number of hydrogen-bond acceptors (Lipinski definition) is 4. The lowest BCUT2D eigenvalue weighted by molar-refractivity contribution is 1.38. The van der Waals surface area contributed by atoms with E-state index in [4.69, 9.17) is 0 Å². The van der Waals surface area contributed by atoms with E-state index in [-0.39, 0.29) is 0 Å². The fraction of sp³-hybridized carbons (Fsp3) is 0.0667. The zero-order valence-electron chi connectivity index (χ0n) is 10.3. The third-order valence-electron chi connectivity index (χ3n) is 3.02. The maximum atomic E-state index is 9.31. The lowest BCUT2D eigenvalue weighted by Crippen LogP contribution is -1.97. The molecule has 0 atom stereocenters. The minimum atomic E-state index is 0.306. The molecule has 2 aromatic rings. The van der Waals surface area contributed by atoms with Crippen LogP contribution >= 0.6 is 22.6 Å². The number of nitriles is 4. The predicted octanol–water partition coefficient (Wildman–Crippen LogP) is 3.24. The van der Waals surface area contributed by atoms with Gasteiger partial charge in [0, 0.05) is 14.3 Å². The molecule has 0 aromatic heterocycles. The van der Waals surface area contributed by atoms with Crippen molar-refractivity contribution >= 4 is 33.4 Å². The molecule has 0 spiro atoms. The van der Waals surface area contributed by atoms with Crippen LogP contribution in [0.1, 0.15) is 27.8 Å². The van der Waals surface area contributed by atoms with Crippen LogP contribution < -0.4 is 0 Å². The Morgan fingerprint density at radius 1 is 0.800 bits per heavy atom. The number of fused-ring (bicyclic) bond motifs is 1. The van der Waals surface area contributed by atoms with Crippen LogP contribution in [0, 0.1) is 55.8 Å². The first kappa shape index (κ1) is 13.8. The van der Waals surface area contributed by atoms with Crippen molar-refractivity contribution in [2.45, 2.75) is 6.92 Å². The molecular weight excluding hydrogens is 363 g/mol. The van der Waals surface area contributed by atoms with E-state index in [1.165, 1.54) is 0 Å². The Bertz CT molecular complexity index is 838. The Morgan fingerprint density at radius 2 is 1.30 bits per heavy atom. The maximum Gasteiger partial charge on any atom is 0.101 e. The van der Waals surface area contributed by atoms with Crippen molar-refractivity contribution in [3.05, 3.63) is 43.5 Å². The van der Waals surface area contributed by atoms with E-state index in [1.807, 2.05) is 34.7 Å². The summed E-state index contributed by atoms with van der Waals surface area (Å²) in [7, 11) is 0. The summed E-state index contributed by atoms with van der Waals surface area (Å²) >= 11 is 1.96. The maximum absolute atomic E-state index is 9.31. The monoisotopic (exact) mass is 368 g/mol. The molecule has 92 valence electrons. The topological polar surface area (TPSA) is 95.2 Å². The van der Waals surface area contributed by atoms with Crippen LogP contribution in [0.15, 0.2) is 12.1 Å². The molecule has 0 N–H and O–H groups in total. The first-order valence-corrected chi connectivity index (χ1v) is 6.57. The van der Waals surface area contributed by atoms with Gasteiger partial charge in [0.15, 0.2) is 0 Å². The molecule has 0 aliphatic rings. The lowest BCUT2D eigenvalue weighted by Gasteiger charge is -2.10. The zero-order chi connectivity index (χ0) is 14.9. The highest BCUT2D eigenvalue weighted by atomic mass is 127. The van der Waals surface area contributed by atoms with Gasteiger partial charge in [-0.2, -0.15) is 21.0 Å². The molecule has 5 heteroatoms. The summed E-state index contributed by atoms with van der Waals surface area (Å²) in [5.41, 5.74) is 1.90. The average Bonchev–Trinajstić information content (AvgIpc) is 2.45. The van der Waals surface area contributed by atoms with Gasteiger partial charge < -0.3 is 0 Å². The van der Waals surface area contributed by atoms with Crippen LogP contribution in [0.3, 0.4) is 0 Å². The fourth-order valence-electron chi connectivity index (χ4n) is 2.17. The normalized spacial score (nSPS) is 9.30. The van der Waals surface area contributed by atoms with E-state index >= 15 is 0 Å². The Balaban J connectivity index is 3.30. The summed E-state index contributed by atoms with van der Waals surface area (Å²) in [6.07, 6.45) is 0. The van der Waals surface area contributed by atoms with Gasteiger partial charge in [0.2, 0.25) is 0 Å². The number of benzene rings is 2. The highest BCUT2D eigenvalue weighted by Crippen LogP contribution is 2.33. The van der Waals surface area contributed by atoms with Crippen LogP contribution in [0.25, 0.3) is 10.8 Å². The van der Waals surface area contributed by atoms with Gasteiger partial charge in [0.1, 0.15) is 12.1 Å². The Morgan fingerprint density at radius 3 is 1.80 bits per heavy atom. The van der Waals surface area contributed by atoms with Gasteiger partial charge in [-0.25, -0.2) is 0 Å². The SMILES string of the molecule is Cc1cc(C#N)c2c(C#N)c(I)cc(C#N)c2c1C#N. The first-order chi connectivity index (χ1) is 9.58. The van der Waals surface area contributed by atoms with Crippen molar-refractivity contribution in [2.24, 2.45) is 0 Å². The molecular formula is C15H5IN4. The first-order valence-electron chi connectivity index (χ1n) is 5.49. The second-order valence-corrected chi connectivity index (χ2v) is 5.26. The Kier molecular flexibility index (Phi) is 3.57. The predicted molar refractivity (Wildman–Crippen MR) is 80.3 cm³/mol. The van der Waals surface area contributed by atoms with E-state index in [1.54, 1.807) is 19.1 Å². The molecule has 0 radical (unpaired) electrons. The molecule has 2 rings (SSSR count). The van der Waals surface area contributed by atoms with E-state index < -0.39 is 0 Å². The second kappa shape index (κ2) is 5.17. The van der Waals surface area contributed by atoms with Crippen LogP contribution in [-0.2, 0) is 0 Å². The van der Waals surface area contributed by atoms with Gasteiger partial charge in [0.25, 0.3) is 0 Å². The molecule has 20 heavy (non-hydrogen) atoms. The minimum absolute atomic E-state index is 0.306. The van der Waals surface area contributed by atoms with Gasteiger partial charge in [-0.15, -0.1) is 0 Å². The van der Waals surface area contributed by atoms with Crippen LogP contribution in [0.4, 0.5) is 0 Å². The van der Waals surface area contributed by atoms with Gasteiger partial charge in [0.05, 0.1) is 34.4 Å². The van der Waals surface area contributed by atoms with Crippen molar-refractivity contribution in [1.82, 2.24) is 0 Å². The van der Waals surface area contributed by atoms with Crippen molar-refractivity contribution in [3.63, 3.8) is 0 Å². The zero-order valence-corrected chi connectivity index (χ0v) is 12.5. The quantitative estimate of drug-likeness (QED) is 0.667. The van der Waals surface area contributed by atoms with E-state index in [2.05, 4.69) is 12.1 Å². The summed E-state index contributed by atoms with van der Waals surface area (Å²) in [5, 5.41) is 37.9. The molecule has 0 aliphatic carbocycles. The van der Waals surface area contributed by atoms with Gasteiger partial charge in [-0.05, 0) is 47.2 Å². The van der Waals surface area contributed by atoms with E-state index in [0.29, 0.717) is 42.2 Å². The smallest absolute Gasteiger partial charge is 0.101 e. The van der Waals surface area contributed by atoms with Crippen molar-refractivity contribution in [3.8, 4) is 24.3 Å². The van der Waals surface area contributed by atoms with Crippen LogP contribution in [0.5, 0.6) is 0 Å². The average molecular weight is 368 g/mol. The van der Waals surface area contributed by atoms with E-state index in [0.717, 1.165) is 0 Å². The fourth-order valence-corrected chi connectivity index (χ4v) is 2.87. The summed E-state index contributed by atoms with van der Waals surface area (Å²) < 4.78 is 0.596. The number of halogens is 1. The highest BCUT2D eigenvalue weighted by Gasteiger charge is 2.19. The molecule has 0 heterocycles. The Hall–Kier alpha value is -2.61. The highest BCUT2D eigenvalue weighted by molar-refractivity contribution is 14.1. The van der Waals surface area contributed by atoms with Crippen molar-refractivity contribution in [1.29, 1.82) is 21.0 Å². The summed E-state index contributed by atoms with van der Waals surface area (Å²) in [5.74, 6) is 0. The minimum Gasteiger partial charge on any atom is -0.192 e.